The molecular formula is C14H18O4. The van der Waals surface area contributed by atoms with Gasteiger partial charge >= 0.3 is 5.97 Å². The molecule has 0 saturated carbocycles. The number of ether oxygens (including phenoxy) is 2. The first kappa shape index (κ1) is 12.7. The van der Waals surface area contributed by atoms with Gasteiger partial charge in [-0.1, -0.05) is 0 Å². The Labute approximate surface area is 107 Å². The van der Waals surface area contributed by atoms with E-state index in [0.29, 0.717) is 11.3 Å². The van der Waals surface area contributed by atoms with Gasteiger partial charge in [-0.2, -0.15) is 0 Å². The van der Waals surface area contributed by atoms with Gasteiger partial charge in [-0.3, -0.25) is 4.79 Å². The van der Waals surface area contributed by atoms with Crippen LogP contribution < -0.4 is 9.47 Å². The van der Waals surface area contributed by atoms with Gasteiger partial charge in [-0.05, 0) is 38.3 Å². The Morgan fingerprint density at radius 3 is 2.83 bits per heavy atom. The van der Waals surface area contributed by atoms with Gasteiger partial charge in [0.2, 0.25) is 0 Å². The maximum atomic E-state index is 10.8. The maximum Gasteiger partial charge on any atom is 0.307 e. The molecule has 1 aliphatic rings. The van der Waals surface area contributed by atoms with Crippen LogP contribution >= 0.6 is 0 Å². The molecule has 98 valence electrons. The van der Waals surface area contributed by atoms with Crippen molar-refractivity contribution < 1.29 is 19.4 Å². The molecule has 1 N–H and O–H groups in total. The fraction of sp³-hybridized carbons (Fsp3) is 0.500. The van der Waals surface area contributed by atoms with E-state index >= 15 is 0 Å². The van der Waals surface area contributed by atoms with Crippen molar-refractivity contribution in [2.45, 2.75) is 38.7 Å². The molecule has 0 saturated heterocycles. The lowest BCUT2D eigenvalue weighted by Crippen LogP contribution is -2.32. The van der Waals surface area contributed by atoms with Crippen LogP contribution in [0.5, 0.6) is 11.5 Å². The number of aryl methyl sites for hydroxylation is 1. The molecule has 0 unspecified atom stereocenters. The summed E-state index contributed by atoms with van der Waals surface area (Å²) >= 11 is 0. The third-order valence-corrected chi connectivity index (χ3v) is 3.19. The number of hydrogen-bond donors (Lipinski definition) is 1. The zero-order valence-electron chi connectivity index (χ0n) is 10.9. The quantitative estimate of drug-likeness (QED) is 0.895. The highest BCUT2D eigenvalue weighted by Crippen LogP contribution is 2.37. The Morgan fingerprint density at radius 1 is 1.50 bits per heavy atom. The number of carbonyl (C=O) groups is 1. The topological polar surface area (TPSA) is 55.8 Å². The minimum Gasteiger partial charge on any atom is -0.496 e. The molecule has 0 aliphatic carbocycles. The van der Waals surface area contributed by atoms with Crippen molar-refractivity contribution in [2.24, 2.45) is 0 Å². The Morgan fingerprint density at radius 2 is 2.22 bits per heavy atom. The Bertz CT molecular complexity index is 477. The van der Waals surface area contributed by atoms with Crippen LogP contribution in [0.3, 0.4) is 0 Å². The fourth-order valence-electron chi connectivity index (χ4n) is 2.22. The second-order valence-electron chi connectivity index (χ2n) is 5.20. The zero-order valence-corrected chi connectivity index (χ0v) is 10.9. The van der Waals surface area contributed by atoms with Gasteiger partial charge in [0, 0.05) is 11.6 Å². The molecule has 0 bridgehead atoms. The summed E-state index contributed by atoms with van der Waals surface area (Å²) in [4.78, 5) is 10.8. The molecule has 0 fully saturated rings. The third-order valence-electron chi connectivity index (χ3n) is 3.19. The smallest absolute Gasteiger partial charge is 0.307 e. The lowest BCUT2D eigenvalue weighted by molar-refractivity contribution is -0.136. The predicted octanol–water partition coefficient (Wildman–Crippen LogP) is 2.43. The largest absolute Gasteiger partial charge is 0.496 e. The molecule has 4 nitrogen and oxygen atoms in total. The van der Waals surface area contributed by atoms with E-state index in [1.54, 1.807) is 13.2 Å². The number of aliphatic carboxylic acids is 1. The average Bonchev–Trinajstić information content (AvgIpc) is 2.27. The van der Waals surface area contributed by atoms with Gasteiger partial charge in [0.05, 0.1) is 13.5 Å². The van der Waals surface area contributed by atoms with E-state index in [-0.39, 0.29) is 12.0 Å². The highest BCUT2D eigenvalue weighted by molar-refractivity contribution is 5.72. The van der Waals surface area contributed by atoms with E-state index in [2.05, 4.69) is 0 Å². The SMILES string of the molecule is COc1cc2c(cc1CC(=O)O)CCC(C)(C)O2. The number of carboxylic acids is 1. The molecule has 1 aromatic rings. The summed E-state index contributed by atoms with van der Waals surface area (Å²) < 4.78 is 11.1. The van der Waals surface area contributed by atoms with Crippen LogP contribution in [0.25, 0.3) is 0 Å². The second kappa shape index (κ2) is 4.52. The van der Waals surface area contributed by atoms with Crippen LogP contribution in [0.15, 0.2) is 12.1 Å². The zero-order chi connectivity index (χ0) is 13.3. The summed E-state index contributed by atoms with van der Waals surface area (Å²) in [6.45, 7) is 4.10. The van der Waals surface area contributed by atoms with Gasteiger partial charge in [0.25, 0.3) is 0 Å². The van der Waals surface area contributed by atoms with Crippen molar-refractivity contribution in [1.29, 1.82) is 0 Å². The van der Waals surface area contributed by atoms with E-state index in [1.807, 2.05) is 19.9 Å². The van der Waals surface area contributed by atoms with Gasteiger partial charge in [0.15, 0.2) is 0 Å². The van der Waals surface area contributed by atoms with E-state index in [1.165, 1.54) is 0 Å². The minimum atomic E-state index is -0.856. The van der Waals surface area contributed by atoms with Crippen LogP contribution in [0.2, 0.25) is 0 Å². The summed E-state index contributed by atoms with van der Waals surface area (Å²) in [5, 5.41) is 8.89. The van der Waals surface area contributed by atoms with Gasteiger partial charge in [-0.15, -0.1) is 0 Å². The van der Waals surface area contributed by atoms with E-state index in [0.717, 1.165) is 24.2 Å². The summed E-state index contributed by atoms with van der Waals surface area (Å²) in [5.74, 6) is 0.524. The molecule has 0 spiro atoms. The van der Waals surface area contributed by atoms with E-state index in [9.17, 15) is 4.79 Å². The second-order valence-corrected chi connectivity index (χ2v) is 5.20. The monoisotopic (exact) mass is 250 g/mol. The van der Waals surface area contributed by atoms with E-state index in [4.69, 9.17) is 14.6 Å². The van der Waals surface area contributed by atoms with Crippen LogP contribution in [-0.4, -0.2) is 23.8 Å². The highest BCUT2D eigenvalue weighted by atomic mass is 16.5. The number of methoxy groups -OCH3 is 1. The summed E-state index contributed by atoms with van der Waals surface area (Å²) in [6.07, 6.45) is 1.80. The van der Waals surface area contributed by atoms with Crippen LogP contribution in [-0.2, 0) is 17.6 Å². The first-order chi connectivity index (χ1) is 8.41. The predicted molar refractivity (Wildman–Crippen MR) is 67.4 cm³/mol. The Kier molecular flexibility index (Phi) is 3.20. The van der Waals surface area contributed by atoms with Crippen LogP contribution in [0, 0.1) is 0 Å². The first-order valence-corrected chi connectivity index (χ1v) is 6.02. The van der Waals surface area contributed by atoms with Crippen molar-refractivity contribution in [1.82, 2.24) is 0 Å². The van der Waals surface area contributed by atoms with Crippen molar-refractivity contribution >= 4 is 5.97 Å². The number of rotatable bonds is 3. The summed E-state index contributed by atoms with van der Waals surface area (Å²) in [6, 6.07) is 3.69. The number of carboxylic acid groups (broad SMARTS) is 1. The molecule has 1 heterocycles. The van der Waals surface area contributed by atoms with Gasteiger partial charge in [0.1, 0.15) is 17.1 Å². The highest BCUT2D eigenvalue weighted by Gasteiger charge is 2.27. The minimum absolute atomic E-state index is 0.0279. The molecular weight excluding hydrogens is 232 g/mol. The third kappa shape index (κ3) is 2.58. The number of hydrogen-bond acceptors (Lipinski definition) is 3. The van der Waals surface area contributed by atoms with Gasteiger partial charge < -0.3 is 14.6 Å². The van der Waals surface area contributed by atoms with Crippen LogP contribution in [0.4, 0.5) is 0 Å². The molecule has 0 radical (unpaired) electrons. The summed E-state index contributed by atoms with van der Waals surface area (Å²) in [5.41, 5.74) is 1.59. The van der Waals surface area contributed by atoms with Crippen molar-refractivity contribution in [2.75, 3.05) is 7.11 Å². The molecule has 1 aliphatic heterocycles. The molecule has 18 heavy (non-hydrogen) atoms. The average molecular weight is 250 g/mol. The lowest BCUT2D eigenvalue weighted by atomic mass is 9.92. The van der Waals surface area contributed by atoms with Crippen molar-refractivity contribution in [3.63, 3.8) is 0 Å². The molecule has 0 atom stereocenters. The lowest BCUT2D eigenvalue weighted by Gasteiger charge is -2.33. The normalized spacial score (nSPS) is 16.6. The molecule has 0 aromatic heterocycles. The van der Waals surface area contributed by atoms with Crippen LogP contribution in [0.1, 0.15) is 31.4 Å². The number of benzene rings is 1. The number of fused-ring (bicyclic) bond motifs is 1. The first-order valence-electron chi connectivity index (χ1n) is 6.02. The van der Waals surface area contributed by atoms with E-state index < -0.39 is 5.97 Å². The molecule has 4 heteroatoms. The molecule has 0 amide bonds. The molecule has 2 rings (SSSR count). The Balaban J connectivity index is 2.39. The standard InChI is InChI=1S/C14H18O4/c1-14(2)5-4-9-6-10(7-13(15)16)11(17-3)8-12(9)18-14/h6,8H,4-5,7H2,1-3H3,(H,15,16). The maximum absolute atomic E-state index is 10.8. The van der Waals surface area contributed by atoms with Crippen molar-refractivity contribution in [3.05, 3.63) is 23.3 Å². The molecule has 1 aromatic carbocycles. The Hall–Kier alpha value is -1.71. The van der Waals surface area contributed by atoms with Gasteiger partial charge in [-0.25, -0.2) is 0 Å². The summed E-state index contributed by atoms with van der Waals surface area (Å²) in [7, 11) is 1.54. The van der Waals surface area contributed by atoms with Crippen molar-refractivity contribution in [3.8, 4) is 11.5 Å². The fourth-order valence-corrected chi connectivity index (χ4v) is 2.22.